The summed E-state index contributed by atoms with van der Waals surface area (Å²) in [5.74, 6) is 0.0300. The predicted octanol–water partition coefficient (Wildman–Crippen LogP) is 5.64. The maximum atomic E-state index is 13.2. The fourth-order valence-corrected chi connectivity index (χ4v) is 6.20. The molecular weight excluding hydrogens is 546 g/mol. The SMILES string of the molecule is Cc1ccc(CC(=O)c2ccc(N)cc2)cc1Cc1cc(-c2cnc3c(ccn3S(=O)(=O)c3ccccc3)c2)ncn1. The van der Waals surface area contributed by atoms with Crippen LogP contribution in [0.15, 0.2) is 115 Å². The van der Waals surface area contributed by atoms with Crippen LogP contribution in [0, 0.1) is 6.92 Å². The molecule has 42 heavy (non-hydrogen) atoms. The summed E-state index contributed by atoms with van der Waals surface area (Å²) in [6, 6.07) is 26.8. The average Bonchev–Trinajstić information content (AvgIpc) is 3.44. The zero-order chi connectivity index (χ0) is 29.3. The number of carbonyl (C=O) groups excluding carboxylic acids is 1. The van der Waals surface area contributed by atoms with Crippen molar-refractivity contribution in [3.63, 3.8) is 0 Å². The van der Waals surface area contributed by atoms with Gasteiger partial charge in [-0.15, -0.1) is 0 Å². The van der Waals surface area contributed by atoms with Gasteiger partial charge in [-0.25, -0.2) is 27.3 Å². The van der Waals surface area contributed by atoms with Crippen LogP contribution in [0.5, 0.6) is 0 Å². The first-order valence-corrected chi connectivity index (χ1v) is 14.8. The fourth-order valence-electron chi connectivity index (χ4n) is 4.87. The molecule has 0 atom stereocenters. The topological polar surface area (TPSA) is 121 Å². The summed E-state index contributed by atoms with van der Waals surface area (Å²) in [4.78, 5) is 26.4. The number of nitrogens with zero attached hydrogens (tertiary/aromatic N) is 4. The number of rotatable bonds is 8. The van der Waals surface area contributed by atoms with E-state index in [1.165, 1.54) is 16.5 Å². The Morgan fingerprint density at radius 1 is 0.881 bits per heavy atom. The third-order valence-corrected chi connectivity index (χ3v) is 8.88. The molecule has 0 fully saturated rings. The van der Waals surface area contributed by atoms with Crippen molar-refractivity contribution in [2.75, 3.05) is 5.73 Å². The number of nitrogen functional groups attached to an aromatic ring is 1. The van der Waals surface area contributed by atoms with Crippen LogP contribution in [0.3, 0.4) is 0 Å². The molecule has 0 aliphatic rings. The average molecular weight is 574 g/mol. The predicted molar refractivity (Wildman–Crippen MR) is 163 cm³/mol. The molecule has 3 heterocycles. The van der Waals surface area contributed by atoms with E-state index >= 15 is 0 Å². The summed E-state index contributed by atoms with van der Waals surface area (Å²) < 4.78 is 27.5. The number of aromatic nitrogens is 4. The van der Waals surface area contributed by atoms with Crippen LogP contribution in [0.25, 0.3) is 22.3 Å². The van der Waals surface area contributed by atoms with Gasteiger partial charge in [-0.05, 0) is 78.2 Å². The van der Waals surface area contributed by atoms with E-state index in [1.54, 1.807) is 66.9 Å². The minimum Gasteiger partial charge on any atom is -0.399 e. The van der Waals surface area contributed by atoms with E-state index in [4.69, 9.17) is 5.73 Å². The van der Waals surface area contributed by atoms with Gasteiger partial charge in [-0.1, -0.05) is 36.4 Å². The molecule has 0 amide bonds. The minimum atomic E-state index is -3.77. The normalized spacial score (nSPS) is 11.5. The van der Waals surface area contributed by atoms with Gasteiger partial charge >= 0.3 is 0 Å². The minimum absolute atomic E-state index is 0.0300. The molecule has 0 spiro atoms. The molecule has 6 rings (SSSR count). The molecule has 9 heteroatoms. The molecule has 6 aromatic rings. The standard InChI is InChI=1S/C33H27N5O3S/c1-22-7-8-23(16-32(39)24-9-11-28(34)12-10-24)15-26(22)18-29-19-31(37-21-36-29)27-17-25-13-14-38(33(25)35-20-27)42(40,41)30-5-3-2-4-6-30/h2-15,17,19-21H,16,18,34H2,1H3. The van der Waals surface area contributed by atoms with E-state index < -0.39 is 10.0 Å². The lowest BCUT2D eigenvalue weighted by molar-refractivity contribution is 0.0993. The number of aryl methyl sites for hydroxylation is 1. The van der Waals surface area contributed by atoms with Gasteiger partial charge in [0.2, 0.25) is 0 Å². The molecule has 0 saturated heterocycles. The Kier molecular flexibility index (Phi) is 7.10. The first kappa shape index (κ1) is 27.0. The number of ketones is 1. The third-order valence-electron chi connectivity index (χ3n) is 7.20. The van der Waals surface area contributed by atoms with E-state index in [1.807, 2.05) is 31.2 Å². The van der Waals surface area contributed by atoms with E-state index in [9.17, 15) is 13.2 Å². The Balaban J connectivity index is 1.24. The lowest BCUT2D eigenvalue weighted by Crippen LogP contribution is -2.12. The highest BCUT2D eigenvalue weighted by Gasteiger charge is 2.20. The number of fused-ring (bicyclic) bond motifs is 1. The van der Waals surface area contributed by atoms with Gasteiger partial charge in [-0.2, -0.15) is 0 Å². The van der Waals surface area contributed by atoms with Crippen LogP contribution in [0.4, 0.5) is 5.69 Å². The largest absolute Gasteiger partial charge is 0.399 e. The van der Waals surface area contributed by atoms with Crippen molar-refractivity contribution >= 4 is 32.5 Å². The molecule has 3 aromatic heterocycles. The molecule has 3 aromatic carbocycles. The molecule has 2 N–H and O–H groups in total. The maximum absolute atomic E-state index is 13.2. The third kappa shape index (κ3) is 5.42. The number of nitrogens with two attached hydrogens (primary N) is 1. The van der Waals surface area contributed by atoms with Crippen molar-refractivity contribution < 1.29 is 13.2 Å². The van der Waals surface area contributed by atoms with E-state index in [0.29, 0.717) is 34.4 Å². The summed E-state index contributed by atoms with van der Waals surface area (Å²) in [6.45, 7) is 2.04. The van der Waals surface area contributed by atoms with Gasteiger partial charge < -0.3 is 5.73 Å². The highest BCUT2D eigenvalue weighted by Crippen LogP contribution is 2.26. The highest BCUT2D eigenvalue weighted by atomic mass is 32.2. The quantitative estimate of drug-likeness (QED) is 0.185. The van der Waals surface area contributed by atoms with Crippen molar-refractivity contribution in [3.8, 4) is 11.3 Å². The van der Waals surface area contributed by atoms with Crippen molar-refractivity contribution in [1.82, 2.24) is 18.9 Å². The number of hydrogen-bond donors (Lipinski definition) is 1. The second-order valence-corrected chi connectivity index (χ2v) is 11.9. The second kappa shape index (κ2) is 11.0. The van der Waals surface area contributed by atoms with Crippen LogP contribution in [0.2, 0.25) is 0 Å². The van der Waals surface area contributed by atoms with Gasteiger partial charge in [-0.3, -0.25) is 4.79 Å². The molecule has 208 valence electrons. The van der Waals surface area contributed by atoms with E-state index in [0.717, 1.165) is 27.9 Å². The summed E-state index contributed by atoms with van der Waals surface area (Å²) >= 11 is 0. The number of anilines is 1. The number of benzene rings is 3. The number of Topliss-reactive ketones (excluding diaryl/α,β-unsaturated/α-hetero) is 1. The number of hydrogen-bond acceptors (Lipinski definition) is 7. The van der Waals surface area contributed by atoms with Crippen molar-refractivity contribution in [2.45, 2.75) is 24.7 Å². The molecule has 0 aliphatic carbocycles. The van der Waals surface area contributed by atoms with E-state index in [2.05, 4.69) is 21.0 Å². The number of pyridine rings is 1. The van der Waals surface area contributed by atoms with Gasteiger partial charge in [0.05, 0.1) is 10.6 Å². The van der Waals surface area contributed by atoms with Gasteiger partial charge in [0.1, 0.15) is 6.33 Å². The summed E-state index contributed by atoms with van der Waals surface area (Å²) in [7, 11) is -3.77. The smallest absolute Gasteiger partial charge is 0.269 e. The molecule has 0 unspecified atom stereocenters. The highest BCUT2D eigenvalue weighted by molar-refractivity contribution is 7.90. The van der Waals surface area contributed by atoms with Crippen molar-refractivity contribution in [1.29, 1.82) is 0 Å². The van der Waals surface area contributed by atoms with E-state index in [-0.39, 0.29) is 17.1 Å². The number of carbonyl (C=O) groups is 1. The monoisotopic (exact) mass is 573 g/mol. The van der Waals surface area contributed by atoms with Crippen LogP contribution < -0.4 is 5.73 Å². The molecule has 0 radical (unpaired) electrons. The Hall–Kier alpha value is -5.15. The Bertz CT molecular complexity index is 2040. The summed E-state index contributed by atoms with van der Waals surface area (Å²) in [5, 5.41) is 0.682. The first-order valence-electron chi connectivity index (χ1n) is 13.3. The van der Waals surface area contributed by atoms with Crippen LogP contribution in [-0.2, 0) is 22.9 Å². The molecule has 0 bridgehead atoms. The lowest BCUT2D eigenvalue weighted by Gasteiger charge is -2.10. The molecule has 8 nitrogen and oxygen atoms in total. The molecular formula is C33H27N5O3S. The zero-order valence-corrected chi connectivity index (χ0v) is 23.6. The van der Waals surface area contributed by atoms with Crippen LogP contribution >= 0.6 is 0 Å². The Labute approximate surface area is 243 Å². The van der Waals surface area contributed by atoms with Gasteiger partial charge in [0.25, 0.3) is 10.0 Å². The molecule has 0 saturated carbocycles. The van der Waals surface area contributed by atoms with Crippen LogP contribution in [-0.4, -0.2) is 33.1 Å². The zero-order valence-electron chi connectivity index (χ0n) is 22.8. The van der Waals surface area contributed by atoms with Crippen molar-refractivity contribution in [3.05, 3.63) is 138 Å². The molecule has 0 aliphatic heterocycles. The van der Waals surface area contributed by atoms with Gasteiger partial charge in [0.15, 0.2) is 11.4 Å². The van der Waals surface area contributed by atoms with Crippen molar-refractivity contribution in [2.24, 2.45) is 0 Å². The summed E-state index contributed by atoms with van der Waals surface area (Å²) in [6.07, 6.45) is 5.51. The Morgan fingerprint density at radius 2 is 1.67 bits per heavy atom. The second-order valence-electron chi connectivity index (χ2n) is 10.1. The van der Waals surface area contributed by atoms with Crippen LogP contribution in [0.1, 0.15) is 32.7 Å². The fraction of sp³-hybridized carbons (Fsp3) is 0.0909. The maximum Gasteiger partial charge on any atom is 0.269 e. The summed E-state index contributed by atoms with van der Waals surface area (Å²) in [5.41, 5.74) is 12.7. The lowest BCUT2D eigenvalue weighted by atomic mass is 9.96. The first-order chi connectivity index (χ1) is 20.3. The Morgan fingerprint density at radius 3 is 2.45 bits per heavy atom. The van der Waals surface area contributed by atoms with Gasteiger partial charge in [0, 0.05) is 53.1 Å².